The summed E-state index contributed by atoms with van der Waals surface area (Å²) in [6.07, 6.45) is 3.72. The average Bonchev–Trinajstić information content (AvgIpc) is 2.78. The first-order valence-corrected chi connectivity index (χ1v) is 6.51. The van der Waals surface area contributed by atoms with Crippen molar-refractivity contribution >= 4 is 33.2 Å². The van der Waals surface area contributed by atoms with Crippen molar-refractivity contribution in [2.24, 2.45) is 0 Å². The molecule has 2 rings (SSSR count). The van der Waals surface area contributed by atoms with Gasteiger partial charge in [-0.1, -0.05) is 11.6 Å². The van der Waals surface area contributed by atoms with Gasteiger partial charge in [-0.05, 0) is 46.6 Å². The average molecular weight is 315 g/mol. The fraction of sp³-hybridized carbons (Fsp3) is 0.250. The van der Waals surface area contributed by atoms with Crippen LogP contribution < -0.4 is 5.32 Å². The van der Waals surface area contributed by atoms with Crippen LogP contribution in [0.25, 0.3) is 0 Å². The molecular formula is C12H13BrClN3. The number of halogens is 2. The minimum atomic E-state index is 0.773. The van der Waals surface area contributed by atoms with Gasteiger partial charge in [0.2, 0.25) is 0 Å². The summed E-state index contributed by atoms with van der Waals surface area (Å²) >= 11 is 9.60. The Morgan fingerprint density at radius 1 is 1.47 bits per heavy atom. The third-order valence-electron chi connectivity index (χ3n) is 2.46. The quantitative estimate of drug-likeness (QED) is 0.932. The Labute approximate surface area is 114 Å². The lowest BCUT2D eigenvalue weighted by Gasteiger charge is -2.10. The van der Waals surface area contributed by atoms with Crippen molar-refractivity contribution in [2.75, 3.05) is 11.9 Å². The van der Waals surface area contributed by atoms with Crippen LogP contribution in [0.5, 0.6) is 0 Å². The summed E-state index contributed by atoms with van der Waals surface area (Å²) in [6, 6.07) is 5.86. The molecule has 5 heteroatoms. The minimum Gasteiger partial charge on any atom is -0.382 e. The smallest absolute Gasteiger partial charge is 0.0582 e. The lowest BCUT2D eigenvalue weighted by Crippen LogP contribution is -2.11. The molecule has 0 spiro atoms. The number of hydrogen-bond acceptors (Lipinski definition) is 2. The third-order valence-corrected chi connectivity index (χ3v) is 3.53. The number of benzene rings is 1. The standard InChI is InChI=1S/C12H13BrClN3/c1-9-7-10(13)12(8-11(9)14)15-4-6-17-5-2-3-16-17/h2-3,5,7-8,15H,4,6H2,1H3. The number of nitrogens with zero attached hydrogens (tertiary/aromatic N) is 2. The molecule has 0 aliphatic carbocycles. The summed E-state index contributed by atoms with van der Waals surface area (Å²) in [7, 11) is 0. The largest absolute Gasteiger partial charge is 0.382 e. The van der Waals surface area contributed by atoms with Crippen LogP contribution in [0.3, 0.4) is 0 Å². The van der Waals surface area contributed by atoms with Gasteiger partial charge < -0.3 is 5.32 Å². The maximum atomic E-state index is 6.09. The molecule has 3 nitrogen and oxygen atoms in total. The molecule has 1 aromatic heterocycles. The first kappa shape index (κ1) is 12.5. The van der Waals surface area contributed by atoms with Gasteiger partial charge in [-0.15, -0.1) is 0 Å². The normalized spacial score (nSPS) is 10.5. The fourth-order valence-corrected chi connectivity index (χ4v) is 2.28. The SMILES string of the molecule is Cc1cc(Br)c(NCCn2cccn2)cc1Cl. The predicted molar refractivity (Wildman–Crippen MR) is 74.6 cm³/mol. The molecule has 0 saturated carbocycles. The van der Waals surface area contributed by atoms with Gasteiger partial charge in [0.05, 0.1) is 6.54 Å². The molecule has 0 saturated heterocycles. The van der Waals surface area contributed by atoms with Crippen molar-refractivity contribution in [3.63, 3.8) is 0 Å². The summed E-state index contributed by atoms with van der Waals surface area (Å²) in [5.74, 6) is 0. The van der Waals surface area contributed by atoms with Gasteiger partial charge in [0, 0.05) is 34.1 Å². The van der Waals surface area contributed by atoms with E-state index in [1.807, 2.05) is 36.0 Å². The Balaban J connectivity index is 1.97. The highest BCUT2D eigenvalue weighted by Gasteiger charge is 2.03. The molecule has 1 aromatic carbocycles. The molecule has 0 aliphatic rings. The molecule has 90 valence electrons. The number of nitrogens with one attached hydrogen (secondary N) is 1. The van der Waals surface area contributed by atoms with E-state index in [0.717, 1.165) is 33.8 Å². The molecule has 0 radical (unpaired) electrons. The van der Waals surface area contributed by atoms with Crippen LogP contribution in [0.1, 0.15) is 5.56 Å². The van der Waals surface area contributed by atoms with E-state index in [-0.39, 0.29) is 0 Å². The Kier molecular flexibility index (Phi) is 4.07. The van der Waals surface area contributed by atoms with Gasteiger partial charge in [-0.2, -0.15) is 5.10 Å². The molecule has 1 N–H and O–H groups in total. The van der Waals surface area contributed by atoms with Crippen LogP contribution >= 0.6 is 27.5 Å². The van der Waals surface area contributed by atoms with Crippen LogP contribution in [-0.2, 0) is 6.54 Å². The molecule has 0 amide bonds. The summed E-state index contributed by atoms with van der Waals surface area (Å²) in [5, 5.41) is 8.24. The van der Waals surface area contributed by atoms with Crippen molar-refractivity contribution in [3.05, 3.63) is 45.7 Å². The molecule has 0 fully saturated rings. The fourth-order valence-electron chi connectivity index (χ4n) is 1.52. The summed E-state index contributed by atoms with van der Waals surface area (Å²) in [5.41, 5.74) is 2.07. The number of anilines is 1. The molecule has 0 unspecified atom stereocenters. The second kappa shape index (κ2) is 5.56. The lowest BCUT2D eigenvalue weighted by atomic mass is 10.2. The van der Waals surface area contributed by atoms with Gasteiger partial charge in [-0.25, -0.2) is 0 Å². The van der Waals surface area contributed by atoms with E-state index in [4.69, 9.17) is 11.6 Å². The second-order valence-corrected chi connectivity index (χ2v) is 5.04. The Bertz CT molecular complexity index is 497. The second-order valence-electron chi connectivity index (χ2n) is 3.78. The molecule has 1 heterocycles. The van der Waals surface area contributed by atoms with Crippen molar-refractivity contribution < 1.29 is 0 Å². The van der Waals surface area contributed by atoms with Crippen molar-refractivity contribution in [1.29, 1.82) is 0 Å². The minimum absolute atomic E-state index is 0.773. The highest BCUT2D eigenvalue weighted by atomic mass is 79.9. The zero-order chi connectivity index (χ0) is 12.3. The van der Waals surface area contributed by atoms with Crippen LogP contribution in [0, 0.1) is 6.92 Å². The maximum absolute atomic E-state index is 6.09. The van der Waals surface area contributed by atoms with Gasteiger partial charge in [0.1, 0.15) is 0 Å². The van der Waals surface area contributed by atoms with E-state index in [9.17, 15) is 0 Å². The molecule has 17 heavy (non-hydrogen) atoms. The van der Waals surface area contributed by atoms with E-state index >= 15 is 0 Å². The van der Waals surface area contributed by atoms with Gasteiger partial charge in [-0.3, -0.25) is 4.68 Å². The Morgan fingerprint density at radius 3 is 3.00 bits per heavy atom. The van der Waals surface area contributed by atoms with E-state index in [0.29, 0.717) is 0 Å². The van der Waals surface area contributed by atoms with Gasteiger partial charge >= 0.3 is 0 Å². The van der Waals surface area contributed by atoms with E-state index in [2.05, 4.69) is 26.3 Å². The van der Waals surface area contributed by atoms with E-state index in [1.165, 1.54) is 0 Å². The summed E-state index contributed by atoms with van der Waals surface area (Å²) in [4.78, 5) is 0. The van der Waals surface area contributed by atoms with Gasteiger partial charge in [0.15, 0.2) is 0 Å². The van der Waals surface area contributed by atoms with Crippen molar-refractivity contribution in [2.45, 2.75) is 13.5 Å². The molecule has 0 atom stereocenters. The number of aromatic nitrogens is 2. The Morgan fingerprint density at radius 2 is 2.29 bits per heavy atom. The zero-order valence-electron chi connectivity index (χ0n) is 9.45. The molecule has 0 aliphatic heterocycles. The predicted octanol–water partition coefficient (Wildman–Crippen LogP) is 3.72. The highest BCUT2D eigenvalue weighted by Crippen LogP contribution is 2.28. The van der Waals surface area contributed by atoms with Crippen LogP contribution in [0.4, 0.5) is 5.69 Å². The monoisotopic (exact) mass is 313 g/mol. The van der Waals surface area contributed by atoms with Gasteiger partial charge in [0.25, 0.3) is 0 Å². The summed E-state index contributed by atoms with van der Waals surface area (Å²) < 4.78 is 2.91. The van der Waals surface area contributed by atoms with Crippen molar-refractivity contribution in [1.82, 2.24) is 9.78 Å². The zero-order valence-corrected chi connectivity index (χ0v) is 11.8. The highest BCUT2D eigenvalue weighted by molar-refractivity contribution is 9.10. The summed E-state index contributed by atoms with van der Waals surface area (Å²) in [6.45, 7) is 3.62. The number of hydrogen-bond donors (Lipinski definition) is 1. The van der Waals surface area contributed by atoms with Crippen molar-refractivity contribution in [3.8, 4) is 0 Å². The first-order chi connectivity index (χ1) is 8.16. The van der Waals surface area contributed by atoms with E-state index < -0.39 is 0 Å². The first-order valence-electron chi connectivity index (χ1n) is 5.34. The maximum Gasteiger partial charge on any atom is 0.0582 e. The van der Waals surface area contributed by atoms with Crippen LogP contribution in [0.15, 0.2) is 35.1 Å². The molecular weight excluding hydrogens is 302 g/mol. The number of aryl methyl sites for hydroxylation is 1. The lowest BCUT2D eigenvalue weighted by molar-refractivity contribution is 0.638. The topological polar surface area (TPSA) is 29.9 Å². The van der Waals surface area contributed by atoms with E-state index in [1.54, 1.807) is 6.20 Å². The molecule has 2 aromatic rings. The Hall–Kier alpha value is -1.00. The number of rotatable bonds is 4. The van der Waals surface area contributed by atoms with Crippen LogP contribution in [-0.4, -0.2) is 16.3 Å². The molecule has 0 bridgehead atoms. The van der Waals surface area contributed by atoms with Crippen LogP contribution in [0.2, 0.25) is 5.02 Å². The third kappa shape index (κ3) is 3.23.